The van der Waals surface area contributed by atoms with Gasteiger partial charge in [0.25, 0.3) is 0 Å². The Hall–Kier alpha value is -1.72. The molecule has 0 saturated heterocycles. The lowest BCUT2D eigenvalue weighted by molar-refractivity contribution is -0.150. The second-order valence-electron chi connectivity index (χ2n) is 5.12. The van der Waals surface area contributed by atoms with Crippen molar-refractivity contribution in [2.24, 2.45) is 5.41 Å². The number of carboxylic acids is 1. The van der Waals surface area contributed by atoms with Crippen molar-refractivity contribution < 1.29 is 14.3 Å². The molecule has 2 rings (SSSR count). The van der Waals surface area contributed by atoms with Crippen LogP contribution in [0.15, 0.2) is 6.33 Å². The average Bonchev–Trinajstić information content (AvgIpc) is 2.41. The summed E-state index contributed by atoms with van der Waals surface area (Å²) in [6, 6.07) is 0. The standard InChI is InChI=1S/C13H18FN3O2/c1-9-10(14)11(17-8-16-9)15-7-13(12(18)19)5-3-2-4-6-13/h8H,2-7H2,1H3,(H,18,19)(H,15,16,17). The molecular formula is C13H18FN3O2. The summed E-state index contributed by atoms with van der Waals surface area (Å²) >= 11 is 0. The smallest absolute Gasteiger partial charge is 0.311 e. The van der Waals surface area contributed by atoms with E-state index in [0.717, 1.165) is 19.3 Å². The van der Waals surface area contributed by atoms with Gasteiger partial charge < -0.3 is 10.4 Å². The number of aliphatic carboxylic acids is 1. The highest BCUT2D eigenvalue weighted by Gasteiger charge is 2.39. The molecule has 5 nitrogen and oxygen atoms in total. The van der Waals surface area contributed by atoms with E-state index in [1.54, 1.807) is 6.92 Å². The first-order chi connectivity index (χ1) is 9.05. The lowest BCUT2D eigenvalue weighted by Gasteiger charge is -2.33. The molecule has 1 aromatic rings. The maximum Gasteiger partial charge on any atom is 0.311 e. The molecule has 0 spiro atoms. The van der Waals surface area contributed by atoms with E-state index in [1.807, 2.05) is 0 Å². The molecule has 0 aliphatic heterocycles. The Morgan fingerprint density at radius 3 is 2.74 bits per heavy atom. The fourth-order valence-electron chi connectivity index (χ4n) is 2.53. The van der Waals surface area contributed by atoms with Gasteiger partial charge >= 0.3 is 5.97 Å². The van der Waals surface area contributed by atoms with Crippen molar-refractivity contribution in [3.63, 3.8) is 0 Å². The summed E-state index contributed by atoms with van der Waals surface area (Å²) in [7, 11) is 0. The Bertz CT molecular complexity index is 473. The monoisotopic (exact) mass is 267 g/mol. The van der Waals surface area contributed by atoms with E-state index >= 15 is 0 Å². The SMILES string of the molecule is Cc1ncnc(NCC2(C(=O)O)CCCCC2)c1F. The molecule has 0 atom stereocenters. The van der Waals surface area contributed by atoms with E-state index in [0.29, 0.717) is 12.8 Å². The molecule has 0 radical (unpaired) electrons. The van der Waals surface area contributed by atoms with Crippen LogP contribution in [0.5, 0.6) is 0 Å². The molecule has 1 aliphatic carbocycles. The molecule has 0 unspecified atom stereocenters. The summed E-state index contributed by atoms with van der Waals surface area (Å²) in [5.74, 6) is -1.25. The van der Waals surface area contributed by atoms with Crippen molar-refractivity contribution in [3.05, 3.63) is 17.8 Å². The maximum absolute atomic E-state index is 13.7. The van der Waals surface area contributed by atoms with Crippen LogP contribution in [0, 0.1) is 18.2 Å². The van der Waals surface area contributed by atoms with Crippen LogP contribution in [0.2, 0.25) is 0 Å². The van der Waals surface area contributed by atoms with E-state index in [1.165, 1.54) is 6.33 Å². The number of anilines is 1. The van der Waals surface area contributed by atoms with Crippen LogP contribution in [0.4, 0.5) is 10.2 Å². The van der Waals surface area contributed by atoms with Gasteiger partial charge in [0, 0.05) is 6.54 Å². The molecule has 1 aliphatic rings. The number of rotatable bonds is 4. The van der Waals surface area contributed by atoms with Gasteiger partial charge in [-0.2, -0.15) is 0 Å². The van der Waals surface area contributed by atoms with Gasteiger partial charge in [0.1, 0.15) is 6.33 Å². The van der Waals surface area contributed by atoms with E-state index in [-0.39, 0.29) is 18.1 Å². The highest BCUT2D eigenvalue weighted by Crippen LogP contribution is 2.36. The third-order valence-corrected chi connectivity index (χ3v) is 3.82. The summed E-state index contributed by atoms with van der Waals surface area (Å²) in [4.78, 5) is 19.1. The fraction of sp³-hybridized carbons (Fsp3) is 0.615. The second-order valence-corrected chi connectivity index (χ2v) is 5.12. The molecule has 0 amide bonds. The summed E-state index contributed by atoms with van der Waals surface area (Å²) in [6.07, 6.45) is 5.39. The van der Waals surface area contributed by atoms with E-state index in [2.05, 4.69) is 15.3 Å². The van der Waals surface area contributed by atoms with Crippen LogP contribution < -0.4 is 5.32 Å². The number of aromatic nitrogens is 2. The summed E-state index contributed by atoms with van der Waals surface area (Å²) in [5, 5.41) is 12.3. The average molecular weight is 267 g/mol. The van der Waals surface area contributed by atoms with Crippen LogP contribution in [0.25, 0.3) is 0 Å². The number of hydrogen-bond acceptors (Lipinski definition) is 4. The molecule has 0 bridgehead atoms. The van der Waals surface area contributed by atoms with Gasteiger partial charge in [-0.3, -0.25) is 4.79 Å². The van der Waals surface area contributed by atoms with Gasteiger partial charge in [-0.1, -0.05) is 19.3 Å². The summed E-state index contributed by atoms with van der Waals surface area (Å²) in [6.45, 7) is 1.76. The molecule has 1 saturated carbocycles. The predicted octanol–water partition coefficient (Wildman–Crippen LogP) is 2.37. The minimum atomic E-state index is -0.814. The van der Waals surface area contributed by atoms with Crippen LogP contribution in [-0.2, 0) is 4.79 Å². The lowest BCUT2D eigenvalue weighted by Crippen LogP contribution is -2.40. The molecule has 0 aromatic carbocycles. The zero-order valence-electron chi connectivity index (χ0n) is 10.9. The fourth-order valence-corrected chi connectivity index (χ4v) is 2.53. The topological polar surface area (TPSA) is 75.1 Å². The van der Waals surface area contributed by atoms with E-state index in [9.17, 15) is 14.3 Å². The highest BCUT2D eigenvalue weighted by atomic mass is 19.1. The van der Waals surface area contributed by atoms with Crippen molar-refractivity contribution in [2.75, 3.05) is 11.9 Å². The van der Waals surface area contributed by atoms with E-state index in [4.69, 9.17) is 0 Å². The Morgan fingerprint density at radius 1 is 1.42 bits per heavy atom. The van der Waals surface area contributed by atoms with E-state index < -0.39 is 17.2 Å². The number of carboxylic acid groups (broad SMARTS) is 1. The minimum absolute atomic E-state index is 0.0821. The number of hydrogen-bond donors (Lipinski definition) is 2. The molecule has 19 heavy (non-hydrogen) atoms. The number of aryl methyl sites for hydroxylation is 1. The Labute approximate surface area is 111 Å². The third kappa shape index (κ3) is 2.83. The van der Waals surface area contributed by atoms with Crippen LogP contribution >= 0.6 is 0 Å². The quantitative estimate of drug-likeness (QED) is 0.876. The first kappa shape index (κ1) is 13.7. The van der Waals surface area contributed by atoms with Crippen LogP contribution in [0.1, 0.15) is 37.8 Å². The first-order valence-electron chi connectivity index (χ1n) is 6.49. The lowest BCUT2D eigenvalue weighted by atomic mass is 9.74. The largest absolute Gasteiger partial charge is 0.481 e. The Balaban J connectivity index is 2.11. The second kappa shape index (κ2) is 5.50. The van der Waals surface area contributed by atoms with Gasteiger partial charge in [-0.15, -0.1) is 0 Å². The molecule has 1 heterocycles. The zero-order valence-corrected chi connectivity index (χ0v) is 10.9. The van der Waals surface area contributed by atoms with Crippen molar-refractivity contribution >= 4 is 11.8 Å². The van der Waals surface area contributed by atoms with Crippen molar-refractivity contribution in [3.8, 4) is 0 Å². The maximum atomic E-state index is 13.7. The number of carbonyl (C=O) groups is 1. The van der Waals surface area contributed by atoms with Gasteiger partial charge in [0.15, 0.2) is 11.6 Å². The number of nitrogens with zero attached hydrogens (tertiary/aromatic N) is 2. The minimum Gasteiger partial charge on any atom is -0.481 e. The van der Waals surface area contributed by atoms with Gasteiger partial charge in [-0.05, 0) is 19.8 Å². The molecule has 2 N–H and O–H groups in total. The van der Waals surface area contributed by atoms with Gasteiger partial charge in [0.2, 0.25) is 0 Å². The molecule has 6 heteroatoms. The highest BCUT2D eigenvalue weighted by molar-refractivity contribution is 5.75. The zero-order chi connectivity index (χ0) is 13.9. The summed E-state index contributed by atoms with van der Waals surface area (Å²) in [5.41, 5.74) is -0.547. The first-order valence-corrected chi connectivity index (χ1v) is 6.49. The Morgan fingerprint density at radius 2 is 2.11 bits per heavy atom. The van der Waals surface area contributed by atoms with Crippen molar-refractivity contribution in [1.82, 2.24) is 9.97 Å². The van der Waals surface area contributed by atoms with Gasteiger partial charge in [-0.25, -0.2) is 14.4 Å². The third-order valence-electron chi connectivity index (χ3n) is 3.82. The predicted molar refractivity (Wildman–Crippen MR) is 68.4 cm³/mol. The van der Waals surface area contributed by atoms with Crippen LogP contribution in [0.3, 0.4) is 0 Å². The number of halogens is 1. The molecular weight excluding hydrogens is 249 g/mol. The summed E-state index contributed by atoms with van der Waals surface area (Å²) < 4.78 is 13.7. The Kier molecular flexibility index (Phi) is 3.97. The number of nitrogens with one attached hydrogen (secondary N) is 1. The van der Waals surface area contributed by atoms with Gasteiger partial charge in [0.05, 0.1) is 11.1 Å². The van der Waals surface area contributed by atoms with Crippen molar-refractivity contribution in [1.29, 1.82) is 0 Å². The van der Waals surface area contributed by atoms with Crippen molar-refractivity contribution in [2.45, 2.75) is 39.0 Å². The normalized spacial score (nSPS) is 18.0. The molecule has 1 fully saturated rings. The van der Waals surface area contributed by atoms with Crippen LogP contribution in [-0.4, -0.2) is 27.6 Å². The molecule has 1 aromatic heterocycles. The molecule has 104 valence electrons.